The topological polar surface area (TPSA) is 86.7 Å². The van der Waals surface area contributed by atoms with E-state index < -0.39 is 28.1 Å². The van der Waals surface area contributed by atoms with E-state index in [-0.39, 0.29) is 60.7 Å². The van der Waals surface area contributed by atoms with Crippen LogP contribution >= 0.6 is 0 Å². The van der Waals surface area contributed by atoms with Gasteiger partial charge in [0.1, 0.15) is 18.0 Å². The van der Waals surface area contributed by atoms with Crippen LogP contribution in [0.1, 0.15) is 39.5 Å². The number of rotatable bonds is 4. The minimum Gasteiger partial charge on any atom is -0.390 e. The number of piperidine rings is 1. The molecule has 0 aromatic carbocycles. The lowest BCUT2D eigenvalue weighted by Gasteiger charge is -2.69. The highest BCUT2D eigenvalue weighted by Crippen LogP contribution is 2.82. The normalized spacial score (nSPS) is 62.1. The van der Waals surface area contributed by atoms with Crippen molar-refractivity contribution in [3.8, 4) is 0 Å². The molecule has 0 radical (unpaired) electrons. The summed E-state index contributed by atoms with van der Waals surface area (Å²) in [4.78, 5) is 16.1. The van der Waals surface area contributed by atoms with Gasteiger partial charge in [0.05, 0.1) is 35.9 Å². The minimum atomic E-state index is -1.01. The fourth-order valence-electron chi connectivity index (χ4n) is 11.2. The van der Waals surface area contributed by atoms with Crippen LogP contribution in [0.5, 0.6) is 0 Å². The molecule has 2 saturated heterocycles. The van der Waals surface area contributed by atoms with Crippen LogP contribution in [0.3, 0.4) is 0 Å². The van der Waals surface area contributed by atoms with Gasteiger partial charge in [-0.2, -0.15) is 0 Å². The van der Waals surface area contributed by atoms with Crippen molar-refractivity contribution in [2.24, 2.45) is 34.5 Å². The third-order valence-electron chi connectivity index (χ3n) is 11.8. The third kappa shape index (κ3) is 1.82. The van der Waals surface area contributed by atoms with Gasteiger partial charge in [-0.1, -0.05) is 6.92 Å². The zero-order chi connectivity index (χ0) is 23.1. The minimum absolute atomic E-state index is 0.0329. The number of hydrogen-bond donors (Lipinski definition) is 1. The number of hydrogen-bond acceptors (Lipinski definition) is 7. The standard InChI is InChI=1S/C25H37NO7/c1-6-26-20-24-13-9-12-14(29-3)10-23(16(13)17(12)31-5)25(20,33-11-32-23)19(27)18(24)22(2,21(26)28)8-7-15(24)30-4/h12-20,27H,6-11H2,1-5H3/t12-,13-,14+,15+,16-,17+,18-,19+,20-,22-,23-,24+,25+/m1/s1. The van der Waals surface area contributed by atoms with E-state index in [1.54, 1.807) is 21.3 Å². The van der Waals surface area contributed by atoms with Crippen molar-refractivity contribution in [1.29, 1.82) is 0 Å². The molecule has 7 aliphatic rings. The summed E-state index contributed by atoms with van der Waals surface area (Å²) in [6.07, 6.45) is 2.19. The summed E-state index contributed by atoms with van der Waals surface area (Å²) in [7, 11) is 5.36. The molecule has 8 heteroatoms. The van der Waals surface area contributed by atoms with E-state index in [9.17, 15) is 9.90 Å². The van der Waals surface area contributed by atoms with Gasteiger partial charge >= 0.3 is 0 Å². The van der Waals surface area contributed by atoms with Crippen molar-refractivity contribution in [2.45, 2.75) is 81.2 Å². The maximum atomic E-state index is 14.1. The summed E-state index contributed by atoms with van der Waals surface area (Å²) in [5, 5.41) is 12.4. The lowest BCUT2D eigenvalue weighted by molar-refractivity contribution is -0.276. The summed E-state index contributed by atoms with van der Waals surface area (Å²) < 4.78 is 31.9. The molecule has 1 N–H and O–H groups in total. The summed E-state index contributed by atoms with van der Waals surface area (Å²) >= 11 is 0. The highest BCUT2D eigenvalue weighted by atomic mass is 16.7. The highest BCUT2D eigenvalue weighted by Gasteiger charge is 2.94. The molecule has 7 bridgehead atoms. The number of methoxy groups -OCH3 is 3. The number of ether oxygens (including phenoxy) is 5. The van der Waals surface area contributed by atoms with Gasteiger partial charge in [-0.15, -0.1) is 0 Å². The largest absolute Gasteiger partial charge is 0.390 e. The van der Waals surface area contributed by atoms with E-state index in [1.807, 2.05) is 4.90 Å². The van der Waals surface area contributed by atoms with Crippen molar-refractivity contribution in [3.63, 3.8) is 0 Å². The quantitative estimate of drug-likeness (QED) is 0.670. The number of amides is 1. The lowest BCUT2D eigenvalue weighted by atomic mass is 9.42. The van der Waals surface area contributed by atoms with Gasteiger partial charge in [-0.3, -0.25) is 4.79 Å². The first-order valence-corrected chi connectivity index (χ1v) is 12.7. The fraction of sp³-hybridized carbons (Fsp3) is 0.960. The second-order valence-electron chi connectivity index (χ2n) is 11.9. The molecule has 13 atom stereocenters. The van der Waals surface area contributed by atoms with Crippen LogP contribution < -0.4 is 0 Å². The van der Waals surface area contributed by atoms with E-state index in [1.165, 1.54) is 0 Å². The van der Waals surface area contributed by atoms with Gasteiger partial charge in [-0.25, -0.2) is 0 Å². The molecule has 0 aromatic rings. The predicted octanol–water partition coefficient (Wildman–Crippen LogP) is 1.19. The number of carbonyl (C=O) groups excluding carboxylic acids is 1. The second-order valence-corrected chi connectivity index (χ2v) is 11.9. The molecule has 1 amide bonds. The van der Waals surface area contributed by atoms with E-state index in [0.29, 0.717) is 13.0 Å². The average molecular weight is 464 g/mol. The third-order valence-corrected chi connectivity index (χ3v) is 11.8. The lowest BCUT2D eigenvalue weighted by Crippen LogP contribution is -2.81. The Hall–Kier alpha value is -0.770. The number of aliphatic hydroxyl groups is 1. The Labute approximate surface area is 195 Å². The zero-order valence-electron chi connectivity index (χ0n) is 20.3. The Kier molecular flexibility index (Phi) is 4.12. The first-order valence-electron chi connectivity index (χ1n) is 12.7. The van der Waals surface area contributed by atoms with Crippen LogP contribution in [0.25, 0.3) is 0 Å². The van der Waals surface area contributed by atoms with Crippen LogP contribution in [0.4, 0.5) is 0 Å². The predicted molar refractivity (Wildman–Crippen MR) is 115 cm³/mol. The van der Waals surface area contributed by atoms with Gasteiger partial charge in [0, 0.05) is 57.5 Å². The molecule has 2 heterocycles. The van der Waals surface area contributed by atoms with E-state index in [2.05, 4.69) is 13.8 Å². The van der Waals surface area contributed by atoms with Gasteiger partial charge in [0.2, 0.25) is 5.91 Å². The first kappa shape index (κ1) is 21.5. The highest BCUT2D eigenvalue weighted by molar-refractivity contribution is 5.86. The van der Waals surface area contributed by atoms with Gasteiger partial charge in [-0.05, 0) is 32.1 Å². The smallest absolute Gasteiger partial charge is 0.229 e. The molecule has 8 nitrogen and oxygen atoms in total. The van der Waals surface area contributed by atoms with Crippen LogP contribution in [-0.2, 0) is 28.5 Å². The molecule has 7 rings (SSSR count). The Morgan fingerprint density at radius 2 is 1.97 bits per heavy atom. The zero-order valence-corrected chi connectivity index (χ0v) is 20.3. The van der Waals surface area contributed by atoms with Gasteiger partial charge in [0.15, 0.2) is 0 Å². The van der Waals surface area contributed by atoms with Gasteiger partial charge in [0.25, 0.3) is 0 Å². The Morgan fingerprint density at radius 1 is 1.18 bits per heavy atom. The van der Waals surface area contributed by atoms with Crippen molar-refractivity contribution >= 4 is 5.91 Å². The molecular formula is C25H37NO7. The Bertz CT molecular complexity index is 900. The number of likely N-dealkylation sites (tertiary alicyclic amines) is 1. The number of fused-ring (bicyclic) bond motifs is 1. The molecule has 7 fully saturated rings. The van der Waals surface area contributed by atoms with Crippen LogP contribution in [-0.4, -0.2) is 92.2 Å². The molecule has 0 unspecified atom stereocenters. The van der Waals surface area contributed by atoms with Crippen molar-refractivity contribution in [1.82, 2.24) is 4.90 Å². The SMILES string of the molecule is CCN1C(=O)[C@]2(C)CC[C@H](OC)[C@]34[C@@H]5C[C@H]6[C@H](OC)[C@@H]5[C@@]5(C[C@@H]6OC)OCO[C@]5([C@H]13)[C@@H](O)[C@@H]42. The van der Waals surface area contributed by atoms with Crippen molar-refractivity contribution in [2.75, 3.05) is 34.7 Å². The summed E-state index contributed by atoms with van der Waals surface area (Å²) in [6.45, 7) is 4.84. The summed E-state index contributed by atoms with van der Waals surface area (Å²) in [5.41, 5.74) is -2.80. The monoisotopic (exact) mass is 463 g/mol. The fourth-order valence-corrected chi connectivity index (χ4v) is 11.2. The van der Waals surface area contributed by atoms with Crippen LogP contribution in [0, 0.1) is 34.5 Å². The maximum Gasteiger partial charge on any atom is 0.229 e. The molecule has 5 aliphatic carbocycles. The van der Waals surface area contributed by atoms with Crippen LogP contribution in [0.15, 0.2) is 0 Å². The molecule has 3 spiro atoms. The maximum absolute atomic E-state index is 14.1. The molecule has 184 valence electrons. The first-order chi connectivity index (χ1) is 15.8. The molecule has 33 heavy (non-hydrogen) atoms. The Morgan fingerprint density at radius 3 is 2.64 bits per heavy atom. The summed E-state index contributed by atoms with van der Waals surface area (Å²) in [5.74, 6) is 0.454. The van der Waals surface area contributed by atoms with Crippen molar-refractivity contribution in [3.05, 3.63) is 0 Å². The molecular weight excluding hydrogens is 426 g/mol. The summed E-state index contributed by atoms with van der Waals surface area (Å²) in [6, 6.07) is -0.281. The van der Waals surface area contributed by atoms with Gasteiger partial charge < -0.3 is 33.7 Å². The number of aliphatic hydroxyl groups excluding tert-OH is 1. The Balaban J connectivity index is 1.58. The molecule has 0 aromatic heterocycles. The van der Waals surface area contributed by atoms with E-state index in [4.69, 9.17) is 23.7 Å². The number of nitrogens with zero attached hydrogens (tertiary/aromatic N) is 1. The molecule has 2 aliphatic heterocycles. The van der Waals surface area contributed by atoms with E-state index >= 15 is 0 Å². The second kappa shape index (κ2) is 6.31. The number of likely N-dealkylation sites (N-methyl/N-ethyl adjacent to an activating group) is 1. The molecule has 5 saturated carbocycles. The van der Waals surface area contributed by atoms with Crippen molar-refractivity contribution < 1.29 is 33.6 Å². The van der Waals surface area contributed by atoms with Crippen LogP contribution in [0.2, 0.25) is 0 Å². The number of carbonyl (C=O) groups is 1. The average Bonchev–Trinajstić information content (AvgIpc) is 3.40. The van der Waals surface area contributed by atoms with E-state index in [0.717, 1.165) is 19.3 Å².